The van der Waals surface area contributed by atoms with Gasteiger partial charge in [-0.2, -0.15) is 5.26 Å². The van der Waals surface area contributed by atoms with Crippen molar-refractivity contribution in [2.24, 2.45) is 0 Å². The number of hydrogen-bond acceptors (Lipinski definition) is 4. The molecule has 1 aromatic heterocycles. The van der Waals surface area contributed by atoms with Crippen LogP contribution < -0.4 is 5.32 Å². The minimum Gasteiger partial charge on any atom is -0.444 e. The molecule has 2 aromatic rings. The Morgan fingerprint density at radius 1 is 1.35 bits per heavy atom. The first kappa shape index (κ1) is 14.1. The van der Waals surface area contributed by atoms with Crippen LogP contribution in [0.15, 0.2) is 30.3 Å². The summed E-state index contributed by atoms with van der Waals surface area (Å²) in [7, 11) is 0. The third-order valence-electron chi connectivity index (χ3n) is 2.93. The van der Waals surface area contributed by atoms with Crippen LogP contribution in [-0.4, -0.2) is 6.09 Å². The molecule has 1 N–H and O–H groups in total. The Hall–Kier alpha value is -2.32. The predicted molar refractivity (Wildman–Crippen MR) is 78.8 cm³/mol. The molecule has 0 saturated heterocycles. The smallest absolute Gasteiger partial charge is 0.412 e. The number of thiophene rings is 1. The monoisotopic (exact) mass is 286 g/mol. The zero-order valence-electron chi connectivity index (χ0n) is 11.3. The minimum absolute atomic E-state index is 0.206. The molecule has 0 unspecified atom stereocenters. The molecule has 1 heterocycles. The van der Waals surface area contributed by atoms with Crippen molar-refractivity contribution in [2.75, 3.05) is 5.32 Å². The summed E-state index contributed by atoms with van der Waals surface area (Å²) in [4.78, 5) is 12.8. The van der Waals surface area contributed by atoms with Gasteiger partial charge in [0.2, 0.25) is 0 Å². The number of aryl methyl sites for hydroxylation is 1. The lowest BCUT2D eigenvalue weighted by Gasteiger charge is -2.05. The van der Waals surface area contributed by atoms with Gasteiger partial charge in [-0.05, 0) is 25.0 Å². The lowest BCUT2D eigenvalue weighted by Crippen LogP contribution is -2.13. The van der Waals surface area contributed by atoms with E-state index in [0.717, 1.165) is 16.0 Å². The number of carbonyl (C=O) groups excluding carboxylic acids is 1. The number of ether oxygens (including phenoxy) is 1. The number of hydrogen-bond donors (Lipinski definition) is 1. The lowest BCUT2D eigenvalue weighted by atomic mass is 10.2. The summed E-state index contributed by atoms with van der Waals surface area (Å²) < 4.78 is 5.13. The van der Waals surface area contributed by atoms with Gasteiger partial charge in [0.15, 0.2) is 0 Å². The maximum Gasteiger partial charge on any atom is 0.412 e. The molecule has 102 valence electrons. The number of anilines is 1. The third kappa shape index (κ3) is 3.16. The van der Waals surface area contributed by atoms with Gasteiger partial charge in [0, 0.05) is 4.88 Å². The van der Waals surface area contributed by atoms with Crippen molar-refractivity contribution >= 4 is 22.4 Å². The number of nitrogens with zero attached hydrogens (tertiary/aromatic N) is 1. The van der Waals surface area contributed by atoms with Gasteiger partial charge in [-0.3, -0.25) is 5.32 Å². The minimum atomic E-state index is -0.549. The van der Waals surface area contributed by atoms with E-state index >= 15 is 0 Å². The predicted octanol–water partition coefficient (Wildman–Crippen LogP) is 3.99. The van der Waals surface area contributed by atoms with E-state index in [1.54, 1.807) is 0 Å². The summed E-state index contributed by atoms with van der Waals surface area (Å²) in [6.07, 6.45) is -0.549. The Morgan fingerprint density at radius 3 is 2.70 bits per heavy atom. The van der Waals surface area contributed by atoms with Crippen LogP contribution in [0.4, 0.5) is 9.80 Å². The van der Waals surface area contributed by atoms with Gasteiger partial charge in [0.05, 0.1) is 5.56 Å². The molecule has 0 aliphatic carbocycles. The fraction of sp³-hybridized carbons (Fsp3) is 0.200. The molecule has 0 aliphatic heterocycles. The van der Waals surface area contributed by atoms with Gasteiger partial charge < -0.3 is 4.74 Å². The first-order valence-electron chi connectivity index (χ1n) is 6.09. The lowest BCUT2D eigenvalue weighted by molar-refractivity contribution is 0.155. The Bertz CT molecular complexity index is 657. The molecular formula is C15H14N2O2S. The van der Waals surface area contributed by atoms with Crippen LogP contribution in [0.2, 0.25) is 0 Å². The first-order valence-corrected chi connectivity index (χ1v) is 6.91. The van der Waals surface area contributed by atoms with Gasteiger partial charge >= 0.3 is 6.09 Å². The Balaban J connectivity index is 1.99. The van der Waals surface area contributed by atoms with Crippen LogP contribution in [0.5, 0.6) is 0 Å². The zero-order valence-corrected chi connectivity index (χ0v) is 12.1. The van der Waals surface area contributed by atoms with Crippen molar-refractivity contribution in [3.63, 3.8) is 0 Å². The van der Waals surface area contributed by atoms with E-state index < -0.39 is 6.09 Å². The SMILES string of the molecule is Cc1sc(NC(=O)OCc2ccccc2)c(C#N)c1C. The number of benzene rings is 1. The van der Waals surface area contributed by atoms with E-state index in [-0.39, 0.29) is 6.61 Å². The number of amides is 1. The summed E-state index contributed by atoms with van der Waals surface area (Å²) in [6, 6.07) is 11.5. The summed E-state index contributed by atoms with van der Waals surface area (Å²) in [5.74, 6) is 0. The Kier molecular flexibility index (Phi) is 4.38. The Labute approximate surface area is 121 Å². The summed E-state index contributed by atoms with van der Waals surface area (Å²) in [5.41, 5.74) is 2.32. The van der Waals surface area contributed by atoms with E-state index in [1.807, 2.05) is 44.2 Å². The van der Waals surface area contributed by atoms with E-state index in [2.05, 4.69) is 11.4 Å². The van der Waals surface area contributed by atoms with Crippen LogP contribution in [0.1, 0.15) is 21.6 Å². The van der Waals surface area contributed by atoms with Crippen molar-refractivity contribution in [1.29, 1.82) is 5.26 Å². The molecule has 1 aromatic carbocycles. The molecule has 0 bridgehead atoms. The highest BCUT2D eigenvalue weighted by molar-refractivity contribution is 7.16. The average Bonchev–Trinajstić information content (AvgIpc) is 2.72. The number of nitrogens with one attached hydrogen (secondary N) is 1. The largest absolute Gasteiger partial charge is 0.444 e. The van der Waals surface area contributed by atoms with E-state index in [0.29, 0.717) is 10.6 Å². The number of nitriles is 1. The topological polar surface area (TPSA) is 62.1 Å². The van der Waals surface area contributed by atoms with Crippen LogP contribution in [-0.2, 0) is 11.3 Å². The van der Waals surface area contributed by atoms with Crippen LogP contribution in [0, 0.1) is 25.2 Å². The molecular weight excluding hydrogens is 272 g/mol. The fourth-order valence-corrected chi connectivity index (χ4v) is 2.70. The van der Waals surface area contributed by atoms with Crippen LogP contribution in [0.25, 0.3) is 0 Å². The highest BCUT2D eigenvalue weighted by Gasteiger charge is 2.15. The zero-order chi connectivity index (χ0) is 14.5. The number of rotatable bonds is 3. The summed E-state index contributed by atoms with van der Waals surface area (Å²) >= 11 is 1.38. The van der Waals surface area contributed by atoms with E-state index in [4.69, 9.17) is 10.00 Å². The van der Waals surface area contributed by atoms with Crippen molar-refractivity contribution < 1.29 is 9.53 Å². The highest BCUT2D eigenvalue weighted by atomic mass is 32.1. The van der Waals surface area contributed by atoms with Gasteiger partial charge in [-0.1, -0.05) is 30.3 Å². The van der Waals surface area contributed by atoms with E-state index in [9.17, 15) is 4.79 Å². The molecule has 0 atom stereocenters. The van der Waals surface area contributed by atoms with E-state index in [1.165, 1.54) is 11.3 Å². The van der Waals surface area contributed by atoms with Crippen molar-refractivity contribution in [3.8, 4) is 6.07 Å². The molecule has 0 saturated carbocycles. The first-order chi connectivity index (χ1) is 9.61. The summed E-state index contributed by atoms with van der Waals surface area (Å²) in [6.45, 7) is 3.99. The van der Waals surface area contributed by atoms with Gasteiger partial charge in [-0.25, -0.2) is 4.79 Å². The maximum absolute atomic E-state index is 11.7. The highest BCUT2D eigenvalue weighted by Crippen LogP contribution is 2.31. The molecule has 4 nitrogen and oxygen atoms in total. The second kappa shape index (κ2) is 6.22. The van der Waals surface area contributed by atoms with Gasteiger partial charge in [0.1, 0.15) is 17.7 Å². The maximum atomic E-state index is 11.7. The molecule has 0 spiro atoms. The summed E-state index contributed by atoms with van der Waals surface area (Å²) in [5, 5.41) is 12.3. The molecule has 20 heavy (non-hydrogen) atoms. The quantitative estimate of drug-likeness (QED) is 0.928. The van der Waals surface area contributed by atoms with Crippen molar-refractivity contribution in [2.45, 2.75) is 20.5 Å². The normalized spacial score (nSPS) is 9.85. The van der Waals surface area contributed by atoms with Crippen LogP contribution >= 0.6 is 11.3 Å². The second-order valence-electron chi connectivity index (χ2n) is 4.29. The van der Waals surface area contributed by atoms with Gasteiger partial charge in [0.25, 0.3) is 0 Å². The molecule has 0 radical (unpaired) electrons. The second-order valence-corrected chi connectivity index (χ2v) is 5.51. The van der Waals surface area contributed by atoms with Gasteiger partial charge in [-0.15, -0.1) is 11.3 Å². The molecule has 5 heteroatoms. The van der Waals surface area contributed by atoms with Crippen molar-refractivity contribution in [1.82, 2.24) is 0 Å². The Morgan fingerprint density at radius 2 is 2.05 bits per heavy atom. The number of carbonyl (C=O) groups is 1. The van der Waals surface area contributed by atoms with Crippen LogP contribution in [0.3, 0.4) is 0 Å². The molecule has 2 rings (SSSR count). The molecule has 0 fully saturated rings. The fourth-order valence-electron chi connectivity index (χ4n) is 1.70. The third-order valence-corrected chi connectivity index (χ3v) is 4.05. The average molecular weight is 286 g/mol. The van der Waals surface area contributed by atoms with Crippen molar-refractivity contribution in [3.05, 3.63) is 51.9 Å². The standard InChI is InChI=1S/C15H14N2O2S/c1-10-11(2)20-14(13(10)8-16)17-15(18)19-9-12-6-4-3-5-7-12/h3-7H,9H2,1-2H3,(H,17,18). The molecule has 1 amide bonds. The molecule has 0 aliphatic rings.